The van der Waals surface area contributed by atoms with Crippen molar-refractivity contribution < 1.29 is 17.6 Å². The van der Waals surface area contributed by atoms with Crippen LogP contribution in [0.15, 0.2) is 24.8 Å². The molecule has 0 fully saturated rings. The second-order valence-corrected chi connectivity index (χ2v) is 4.24. The summed E-state index contributed by atoms with van der Waals surface area (Å²) in [4.78, 5) is 0. The molecule has 2 N–H and O–H groups in total. The third-order valence-corrected chi connectivity index (χ3v) is 2.74. The number of halogens is 6. The highest BCUT2D eigenvalue weighted by Gasteiger charge is 2.32. The van der Waals surface area contributed by atoms with Crippen molar-refractivity contribution in [3.63, 3.8) is 0 Å². The smallest absolute Gasteiger partial charge is 0.324 e. The molecular weight excluding hydrogens is 305 g/mol. The number of alkyl halides is 3. The minimum Gasteiger partial charge on any atom is -0.324 e. The van der Waals surface area contributed by atoms with Crippen LogP contribution in [0.4, 0.5) is 17.6 Å². The number of rotatable bonds is 4. The van der Waals surface area contributed by atoms with Gasteiger partial charge in [-0.1, -0.05) is 17.7 Å². The lowest BCUT2D eigenvalue weighted by molar-refractivity contribution is -0.137. The SMILES string of the molecule is C=CCC[C@@H](N)c1cc(C(F)(F)F)cc(Cl)c1F.Cl. The van der Waals surface area contributed by atoms with Crippen LogP contribution in [0, 0.1) is 5.82 Å². The number of hydrogen-bond acceptors (Lipinski definition) is 1. The summed E-state index contributed by atoms with van der Waals surface area (Å²) in [6, 6.07) is 0.415. The monoisotopic (exact) mass is 317 g/mol. The third-order valence-electron chi connectivity index (χ3n) is 2.46. The average Bonchev–Trinajstić information content (AvgIpc) is 2.27. The van der Waals surface area contributed by atoms with Gasteiger partial charge < -0.3 is 5.73 Å². The van der Waals surface area contributed by atoms with Crippen LogP contribution in [0.3, 0.4) is 0 Å². The summed E-state index contributed by atoms with van der Waals surface area (Å²) in [6.07, 6.45) is -2.23. The molecule has 0 saturated carbocycles. The van der Waals surface area contributed by atoms with Crippen molar-refractivity contribution in [3.05, 3.63) is 46.8 Å². The highest BCUT2D eigenvalue weighted by molar-refractivity contribution is 6.30. The molecule has 0 aliphatic rings. The fraction of sp³-hybridized carbons (Fsp3) is 0.333. The van der Waals surface area contributed by atoms with E-state index in [1.165, 1.54) is 0 Å². The zero-order valence-electron chi connectivity index (χ0n) is 9.81. The molecule has 0 heterocycles. The number of nitrogens with two attached hydrogens (primary N) is 1. The Morgan fingerprint density at radius 3 is 2.42 bits per heavy atom. The zero-order chi connectivity index (χ0) is 13.9. The molecular formula is C12H13Cl2F4N. The van der Waals surface area contributed by atoms with Crippen LogP contribution in [0.5, 0.6) is 0 Å². The molecule has 1 aromatic carbocycles. The lowest BCUT2D eigenvalue weighted by atomic mass is 9.99. The number of hydrogen-bond donors (Lipinski definition) is 1. The van der Waals surface area contributed by atoms with Crippen LogP contribution in [0.25, 0.3) is 0 Å². The highest BCUT2D eigenvalue weighted by Crippen LogP contribution is 2.35. The summed E-state index contributed by atoms with van der Waals surface area (Å²) in [5.74, 6) is -0.902. The summed E-state index contributed by atoms with van der Waals surface area (Å²) in [5, 5.41) is -0.575. The van der Waals surface area contributed by atoms with Gasteiger partial charge >= 0.3 is 6.18 Å². The van der Waals surface area contributed by atoms with Gasteiger partial charge in [-0.3, -0.25) is 0 Å². The minimum absolute atomic E-state index is 0. The van der Waals surface area contributed by atoms with Crippen LogP contribution < -0.4 is 5.73 Å². The van der Waals surface area contributed by atoms with Crippen LogP contribution in [0.2, 0.25) is 5.02 Å². The molecule has 0 aliphatic carbocycles. The molecule has 108 valence electrons. The van der Waals surface area contributed by atoms with Gasteiger partial charge in [-0.15, -0.1) is 19.0 Å². The van der Waals surface area contributed by atoms with E-state index in [-0.39, 0.29) is 18.0 Å². The molecule has 0 unspecified atom stereocenters. The maximum absolute atomic E-state index is 13.6. The molecule has 0 amide bonds. The Kier molecular flexibility index (Phi) is 6.83. The van der Waals surface area contributed by atoms with Crippen LogP contribution in [-0.2, 0) is 6.18 Å². The Morgan fingerprint density at radius 1 is 1.37 bits per heavy atom. The molecule has 1 nitrogen and oxygen atoms in total. The van der Waals surface area contributed by atoms with Crippen molar-refractivity contribution in [1.82, 2.24) is 0 Å². The van der Waals surface area contributed by atoms with Crippen molar-refractivity contribution in [2.75, 3.05) is 0 Å². The van der Waals surface area contributed by atoms with Crippen LogP contribution >= 0.6 is 24.0 Å². The van der Waals surface area contributed by atoms with Crippen molar-refractivity contribution in [2.24, 2.45) is 5.73 Å². The van der Waals surface area contributed by atoms with Crippen LogP contribution in [0.1, 0.15) is 30.0 Å². The normalized spacial score (nSPS) is 12.7. The Labute approximate surface area is 119 Å². The fourth-order valence-electron chi connectivity index (χ4n) is 1.50. The molecule has 0 spiro atoms. The third kappa shape index (κ3) is 4.67. The van der Waals surface area contributed by atoms with E-state index < -0.39 is 28.6 Å². The Bertz CT molecular complexity index is 446. The largest absolute Gasteiger partial charge is 0.416 e. The number of benzene rings is 1. The molecule has 0 radical (unpaired) electrons. The van der Waals surface area contributed by atoms with E-state index in [1.54, 1.807) is 6.08 Å². The van der Waals surface area contributed by atoms with E-state index in [0.29, 0.717) is 25.0 Å². The first kappa shape index (κ1) is 18.2. The molecule has 0 aliphatic heterocycles. The predicted octanol–water partition coefficient (Wildman–Crippen LogP) is 4.89. The fourth-order valence-corrected chi connectivity index (χ4v) is 1.72. The standard InChI is InChI=1S/C12H12ClF4N.ClH/c1-2-3-4-10(18)8-5-7(12(15,16)17)6-9(13)11(8)14;/h2,5-6,10H,1,3-4,18H2;1H/t10-;/m1./s1. The van der Waals surface area contributed by atoms with Gasteiger partial charge in [0.15, 0.2) is 0 Å². The molecule has 19 heavy (non-hydrogen) atoms. The van der Waals surface area contributed by atoms with E-state index in [4.69, 9.17) is 17.3 Å². The van der Waals surface area contributed by atoms with Crippen molar-refractivity contribution in [2.45, 2.75) is 25.1 Å². The van der Waals surface area contributed by atoms with Gasteiger partial charge in [-0.25, -0.2) is 4.39 Å². The summed E-state index contributed by atoms with van der Waals surface area (Å²) < 4.78 is 51.3. The Morgan fingerprint density at radius 2 is 1.95 bits per heavy atom. The Balaban J connectivity index is 0.00000324. The first-order chi connectivity index (χ1) is 8.27. The van der Waals surface area contributed by atoms with Crippen LogP contribution in [-0.4, -0.2) is 0 Å². The molecule has 7 heteroatoms. The first-order valence-corrected chi connectivity index (χ1v) is 5.57. The second kappa shape index (κ2) is 7.12. The minimum atomic E-state index is -4.58. The van der Waals surface area contributed by atoms with Crippen molar-refractivity contribution in [3.8, 4) is 0 Å². The average molecular weight is 318 g/mol. The Hall–Kier alpha value is -0.780. The van der Waals surface area contributed by atoms with Gasteiger partial charge in [-0.05, 0) is 25.0 Å². The number of allylic oxidation sites excluding steroid dienone is 1. The summed E-state index contributed by atoms with van der Waals surface area (Å²) >= 11 is 5.45. The lowest BCUT2D eigenvalue weighted by Crippen LogP contribution is -2.15. The summed E-state index contributed by atoms with van der Waals surface area (Å²) in [5.41, 5.74) is 4.42. The topological polar surface area (TPSA) is 26.0 Å². The molecule has 0 aromatic heterocycles. The zero-order valence-corrected chi connectivity index (χ0v) is 11.4. The van der Waals surface area contributed by atoms with E-state index in [0.717, 1.165) is 0 Å². The van der Waals surface area contributed by atoms with Gasteiger partial charge in [0.1, 0.15) is 5.82 Å². The molecule has 1 atom stereocenters. The van der Waals surface area contributed by atoms with Gasteiger partial charge in [0.05, 0.1) is 10.6 Å². The van der Waals surface area contributed by atoms with Crippen molar-refractivity contribution in [1.29, 1.82) is 0 Å². The molecule has 1 rings (SSSR count). The van der Waals surface area contributed by atoms with Gasteiger partial charge in [-0.2, -0.15) is 13.2 Å². The maximum Gasteiger partial charge on any atom is 0.416 e. The lowest BCUT2D eigenvalue weighted by Gasteiger charge is -2.16. The van der Waals surface area contributed by atoms with Gasteiger partial charge in [0.25, 0.3) is 0 Å². The highest BCUT2D eigenvalue weighted by atomic mass is 35.5. The first-order valence-electron chi connectivity index (χ1n) is 5.20. The second-order valence-electron chi connectivity index (χ2n) is 3.83. The molecule has 0 bridgehead atoms. The van der Waals surface area contributed by atoms with E-state index in [1.807, 2.05) is 0 Å². The molecule has 1 aromatic rings. The quantitative estimate of drug-likeness (QED) is 0.621. The van der Waals surface area contributed by atoms with E-state index in [2.05, 4.69) is 6.58 Å². The van der Waals surface area contributed by atoms with E-state index in [9.17, 15) is 17.6 Å². The summed E-state index contributed by atoms with van der Waals surface area (Å²) in [6.45, 7) is 3.47. The summed E-state index contributed by atoms with van der Waals surface area (Å²) in [7, 11) is 0. The van der Waals surface area contributed by atoms with Gasteiger partial charge in [0.2, 0.25) is 0 Å². The predicted molar refractivity (Wildman–Crippen MR) is 70.0 cm³/mol. The molecule has 0 saturated heterocycles. The van der Waals surface area contributed by atoms with Gasteiger partial charge in [0, 0.05) is 11.6 Å². The maximum atomic E-state index is 13.6. The van der Waals surface area contributed by atoms with E-state index >= 15 is 0 Å². The van der Waals surface area contributed by atoms with Crippen molar-refractivity contribution >= 4 is 24.0 Å².